The van der Waals surface area contributed by atoms with Crippen molar-refractivity contribution in [2.45, 2.75) is 38.1 Å². The quantitative estimate of drug-likeness (QED) is 0.836. The number of benzene rings is 1. The molecule has 3 nitrogen and oxygen atoms in total. The highest BCUT2D eigenvalue weighted by Gasteiger charge is 2.32. The predicted molar refractivity (Wildman–Crippen MR) is 71.5 cm³/mol. The number of alkyl halides is 3. The zero-order valence-corrected chi connectivity index (χ0v) is 11.6. The van der Waals surface area contributed by atoms with Crippen LogP contribution in [-0.2, 0) is 16.1 Å². The summed E-state index contributed by atoms with van der Waals surface area (Å²) in [5, 5.41) is 0. The third kappa shape index (κ3) is 5.04. The summed E-state index contributed by atoms with van der Waals surface area (Å²) in [6.45, 7) is 0.335. The fraction of sp³-hybridized carbons (Fsp3) is 0.533. The number of halogens is 3. The van der Waals surface area contributed by atoms with Gasteiger partial charge in [0.25, 0.3) is 5.91 Å². The first-order chi connectivity index (χ1) is 9.96. The zero-order valence-electron chi connectivity index (χ0n) is 11.6. The van der Waals surface area contributed by atoms with Gasteiger partial charge in [0.2, 0.25) is 0 Å². The molecule has 1 atom stereocenters. The van der Waals surface area contributed by atoms with Gasteiger partial charge in [0.05, 0.1) is 6.42 Å². The van der Waals surface area contributed by atoms with Crippen LogP contribution >= 0.6 is 0 Å². The maximum absolute atomic E-state index is 12.4. The fourth-order valence-electron chi connectivity index (χ4n) is 2.31. The van der Waals surface area contributed by atoms with E-state index < -0.39 is 18.7 Å². The monoisotopic (exact) mass is 301 g/mol. The van der Waals surface area contributed by atoms with Crippen molar-refractivity contribution in [1.29, 1.82) is 0 Å². The molecule has 0 unspecified atom stereocenters. The molecule has 0 aliphatic carbocycles. The minimum atomic E-state index is -4.27. The Kier molecular flexibility index (Phi) is 5.22. The van der Waals surface area contributed by atoms with Crippen molar-refractivity contribution in [3.05, 3.63) is 35.9 Å². The Morgan fingerprint density at radius 1 is 1.29 bits per heavy atom. The molecular weight excluding hydrogens is 283 g/mol. The average Bonchev–Trinajstić information content (AvgIpc) is 2.97. The van der Waals surface area contributed by atoms with Crippen LogP contribution in [0, 0.1) is 0 Å². The Labute approximate surface area is 121 Å². The Morgan fingerprint density at radius 3 is 2.57 bits per heavy atom. The van der Waals surface area contributed by atoms with Gasteiger partial charge in [-0.15, -0.1) is 0 Å². The summed E-state index contributed by atoms with van der Waals surface area (Å²) in [5.74, 6) is -0.347. The summed E-state index contributed by atoms with van der Waals surface area (Å²) >= 11 is 0. The number of nitrogens with zero attached hydrogens (tertiary/aromatic N) is 1. The molecule has 1 aromatic carbocycles. The van der Waals surface area contributed by atoms with E-state index in [-0.39, 0.29) is 19.0 Å². The lowest BCUT2D eigenvalue weighted by molar-refractivity contribution is -0.151. The molecule has 1 saturated heterocycles. The second-order valence-corrected chi connectivity index (χ2v) is 5.11. The van der Waals surface area contributed by atoms with E-state index >= 15 is 0 Å². The van der Waals surface area contributed by atoms with E-state index in [4.69, 9.17) is 4.74 Å². The van der Waals surface area contributed by atoms with Crippen LogP contribution in [0.5, 0.6) is 0 Å². The topological polar surface area (TPSA) is 29.5 Å². The normalized spacial score (nSPS) is 18.7. The van der Waals surface area contributed by atoms with E-state index in [0.29, 0.717) is 13.0 Å². The number of carbonyl (C=O) groups excluding carboxylic acids is 1. The van der Waals surface area contributed by atoms with E-state index in [1.807, 2.05) is 6.07 Å². The van der Waals surface area contributed by atoms with Gasteiger partial charge < -0.3 is 9.64 Å². The molecule has 21 heavy (non-hydrogen) atoms. The molecule has 1 aliphatic rings. The van der Waals surface area contributed by atoms with Crippen molar-refractivity contribution < 1.29 is 22.7 Å². The lowest BCUT2D eigenvalue weighted by Gasteiger charge is -2.26. The van der Waals surface area contributed by atoms with Crippen LogP contribution < -0.4 is 0 Å². The number of rotatable bonds is 5. The lowest BCUT2D eigenvalue weighted by atomic mass is 10.1. The first-order valence-corrected chi connectivity index (χ1v) is 6.97. The maximum Gasteiger partial charge on any atom is 0.390 e. The molecule has 0 bridgehead atoms. The number of amides is 1. The van der Waals surface area contributed by atoms with Gasteiger partial charge in [0.15, 0.2) is 0 Å². The molecule has 0 N–H and O–H groups in total. The summed E-state index contributed by atoms with van der Waals surface area (Å²) in [6, 6.07) is 9.01. The van der Waals surface area contributed by atoms with Gasteiger partial charge in [-0.2, -0.15) is 13.2 Å². The molecule has 6 heteroatoms. The highest BCUT2D eigenvalue weighted by molar-refractivity contribution is 5.81. The number of ether oxygens (including phenoxy) is 1. The van der Waals surface area contributed by atoms with Crippen LogP contribution in [0.25, 0.3) is 0 Å². The van der Waals surface area contributed by atoms with Crippen LogP contribution in [0.2, 0.25) is 0 Å². The van der Waals surface area contributed by atoms with Crippen molar-refractivity contribution in [3.63, 3.8) is 0 Å². The molecule has 0 radical (unpaired) electrons. The summed E-state index contributed by atoms with van der Waals surface area (Å²) in [4.78, 5) is 13.5. The third-order valence-corrected chi connectivity index (χ3v) is 3.40. The van der Waals surface area contributed by atoms with Crippen molar-refractivity contribution in [2.24, 2.45) is 0 Å². The minimum Gasteiger partial charge on any atom is -0.368 e. The van der Waals surface area contributed by atoms with E-state index in [2.05, 4.69) is 0 Å². The summed E-state index contributed by atoms with van der Waals surface area (Å²) < 4.78 is 42.6. The van der Waals surface area contributed by atoms with Crippen LogP contribution in [0.15, 0.2) is 30.3 Å². The summed E-state index contributed by atoms with van der Waals surface area (Å²) in [6.07, 6.45) is -4.52. The van der Waals surface area contributed by atoms with E-state index in [1.165, 1.54) is 4.90 Å². The SMILES string of the molecule is O=C([C@H]1CCCO1)N(CCC(F)(F)F)Cc1ccccc1. The average molecular weight is 301 g/mol. The van der Waals surface area contributed by atoms with Crippen LogP contribution in [-0.4, -0.2) is 36.2 Å². The highest BCUT2D eigenvalue weighted by atomic mass is 19.4. The second-order valence-electron chi connectivity index (χ2n) is 5.11. The second kappa shape index (κ2) is 6.93. The Hall–Kier alpha value is -1.56. The van der Waals surface area contributed by atoms with E-state index in [1.54, 1.807) is 24.3 Å². The predicted octanol–water partition coefficient (Wildman–Crippen LogP) is 3.15. The van der Waals surface area contributed by atoms with Crippen molar-refractivity contribution in [3.8, 4) is 0 Å². The van der Waals surface area contributed by atoms with Crippen molar-refractivity contribution in [2.75, 3.05) is 13.2 Å². The molecule has 0 spiro atoms. The molecule has 0 aromatic heterocycles. The van der Waals surface area contributed by atoms with E-state index in [0.717, 1.165) is 12.0 Å². The van der Waals surface area contributed by atoms with Gasteiger partial charge in [0, 0.05) is 19.7 Å². The zero-order chi connectivity index (χ0) is 15.3. The van der Waals surface area contributed by atoms with Gasteiger partial charge >= 0.3 is 6.18 Å². The van der Waals surface area contributed by atoms with Gasteiger partial charge in [-0.05, 0) is 18.4 Å². The molecular formula is C15H18F3NO2. The molecule has 2 rings (SSSR count). The largest absolute Gasteiger partial charge is 0.390 e. The van der Waals surface area contributed by atoms with Gasteiger partial charge in [-0.3, -0.25) is 4.79 Å². The first-order valence-electron chi connectivity index (χ1n) is 6.97. The van der Waals surface area contributed by atoms with Gasteiger partial charge in [-0.1, -0.05) is 30.3 Å². The third-order valence-electron chi connectivity index (χ3n) is 3.40. The van der Waals surface area contributed by atoms with Gasteiger partial charge in [0.1, 0.15) is 6.10 Å². The van der Waals surface area contributed by atoms with Gasteiger partial charge in [-0.25, -0.2) is 0 Å². The molecule has 1 fully saturated rings. The number of carbonyl (C=O) groups is 1. The smallest absolute Gasteiger partial charge is 0.368 e. The molecule has 1 amide bonds. The number of hydrogen-bond acceptors (Lipinski definition) is 2. The molecule has 116 valence electrons. The molecule has 1 aliphatic heterocycles. The molecule has 1 heterocycles. The molecule has 1 aromatic rings. The van der Waals surface area contributed by atoms with Crippen molar-refractivity contribution >= 4 is 5.91 Å². The maximum atomic E-state index is 12.4. The summed E-state index contributed by atoms with van der Waals surface area (Å²) in [7, 11) is 0. The Morgan fingerprint density at radius 2 is 2.00 bits per heavy atom. The minimum absolute atomic E-state index is 0.176. The molecule has 0 saturated carbocycles. The first kappa shape index (κ1) is 15.8. The fourth-order valence-corrected chi connectivity index (χ4v) is 2.31. The highest BCUT2D eigenvalue weighted by Crippen LogP contribution is 2.22. The summed E-state index contributed by atoms with van der Waals surface area (Å²) in [5.41, 5.74) is 0.811. The Bertz CT molecular complexity index is 456. The number of hydrogen-bond donors (Lipinski definition) is 0. The van der Waals surface area contributed by atoms with Crippen LogP contribution in [0.4, 0.5) is 13.2 Å². The standard InChI is InChI=1S/C15H18F3NO2/c16-15(17,18)8-9-19(11-12-5-2-1-3-6-12)14(20)13-7-4-10-21-13/h1-3,5-6,13H,4,7-11H2/t13-/m1/s1. The van der Waals surface area contributed by atoms with Crippen LogP contribution in [0.1, 0.15) is 24.8 Å². The van der Waals surface area contributed by atoms with Crippen LogP contribution in [0.3, 0.4) is 0 Å². The van der Waals surface area contributed by atoms with Crippen molar-refractivity contribution in [1.82, 2.24) is 4.90 Å². The Balaban J connectivity index is 2.03. The van der Waals surface area contributed by atoms with E-state index in [9.17, 15) is 18.0 Å². The lowest BCUT2D eigenvalue weighted by Crippen LogP contribution is -2.40.